The van der Waals surface area contributed by atoms with Gasteiger partial charge in [-0.25, -0.2) is 0 Å². The maximum Gasteiger partial charge on any atom is 0.305 e. The Kier molecular flexibility index (Phi) is 76.3. The van der Waals surface area contributed by atoms with Gasteiger partial charge in [-0.3, -0.25) is 9.59 Å². The van der Waals surface area contributed by atoms with Crippen LogP contribution in [0.3, 0.4) is 0 Å². The molecule has 0 spiro atoms. The van der Waals surface area contributed by atoms with E-state index in [1.807, 2.05) is 6.08 Å². The average molecular weight is 1250 g/mol. The van der Waals surface area contributed by atoms with Crippen LogP contribution in [0.25, 0.3) is 0 Å². The summed E-state index contributed by atoms with van der Waals surface area (Å²) in [4.78, 5) is 24.6. The zero-order valence-corrected chi connectivity index (χ0v) is 60.2. The lowest BCUT2D eigenvalue weighted by Crippen LogP contribution is -2.45. The van der Waals surface area contributed by atoms with E-state index < -0.39 is 12.1 Å². The first-order chi connectivity index (χ1) is 44.0. The number of amides is 1. The summed E-state index contributed by atoms with van der Waals surface area (Å²) < 4.78 is 5.50. The Labute approximate surface area is 556 Å². The number of aliphatic hydroxyl groups is 2. The first kappa shape index (κ1) is 86.8. The molecule has 0 aromatic heterocycles. The third kappa shape index (κ3) is 74.7. The van der Waals surface area contributed by atoms with Crippen LogP contribution in [0.4, 0.5) is 0 Å². The lowest BCUT2D eigenvalue weighted by molar-refractivity contribution is -0.143. The second-order valence-electron chi connectivity index (χ2n) is 27.7. The Morgan fingerprint density at radius 1 is 0.315 bits per heavy atom. The molecule has 0 saturated heterocycles. The zero-order valence-electron chi connectivity index (χ0n) is 60.2. The van der Waals surface area contributed by atoms with Crippen LogP contribution in [-0.2, 0) is 14.3 Å². The molecule has 1 amide bonds. The highest BCUT2D eigenvalue weighted by atomic mass is 16.5. The maximum atomic E-state index is 12.5. The topological polar surface area (TPSA) is 95.9 Å². The number of esters is 1. The number of rotatable bonds is 76. The van der Waals surface area contributed by atoms with Crippen molar-refractivity contribution in [1.82, 2.24) is 5.32 Å². The molecular formula is C83H157NO5. The van der Waals surface area contributed by atoms with Crippen LogP contribution >= 0.6 is 0 Å². The van der Waals surface area contributed by atoms with Gasteiger partial charge in [-0.05, 0) is 89.9 Å². The van der Waals surface area contributed by atoms with Gasteiger partial charge in [-0.2, -0.15) is 0 Å². The maximum absolute atomic E-state index is 12.5. The Morgan fingerprint density at radius 2 is 0.562 bits per heavy atom. The van der Waals surface area contributed by atoms with E-state index in [2.05, 4.69) is 55.6 Å². The van der Waals surface area contributed by atoms with Gasteiger partial charge in [-0.15, -0.1) is 0 Å². The molecule has 0 radical (unpaired) electrons. The van der Waals surface area contributed by atoms with E-state index in [1.165, 1.54) is 366 Å². The lowest BCUT2D eigenvalue weighted by atomic mass is 10.0. The molecule has 0 heterocycles. The fourth-order valence-electron chi connectivity index (χ4n) is 12.7. The van der Waals surface area contributed by atoms with Crippen molar-refractivity contribution in [3.8, 4) is 0 Å². The summed E-state index contributed by atoms with van der Waals surface area (Å²) in [7, 11) is 0. The highest BCUT2D eigenvalue weighted by Gasteiger charge is 2.18. The Bertz CT molecular complexity index is 1490. The molecule has 0 aromatic carbocycles. The van der Waals surface area contributed by atoms with Crippen LogP contribution in [-0.4, -0.2) is 47.4 Å². The van der Waals surface area contributed by atoms with Gasteiger partial charge >= 0.3 is 5.97 Å². The lowest BCUT2D eigenvalue weighted by Gasteiger charge is -2.20. The van der Waals surface area contributed by atoms with Crippen molar-refractivity contribution in [3.05, 3.63) is 48.6 Å². The van der Waals surface area contributed by atoms with E-state index in [0.29, 0.717) is 19.4 Å². The van der Waals surface area contributed by atoms with E-state index in [9.17, 15) is 19.8 Å². The molecule has 6 heteroatoms. The third-order valence-corrected chi connectivity index (χ3v) is 18.8. The summed E-state index contributed by atoms with van der Waals surface area (Å²) in [6.45, 7) is 4.92. The van der Waals surface area contributed by atoms with Crippen molar-refractivity contribution in [3.63, 3.8) is 0 Å². The largest absolute Gasteiger partial charge is 0.466 e. The molecule has 89 heavy (non-hydrogen) atoms. The second kappa shape index (κ2) is 78.3. The SMILES string of the molecule is CCCCCC/C=C\C/C=C\CCCCCCCC(=O)OCCCCCCCCCCCCCCCCCC/C=C\CCCCCCCCCCCCCCCCCCCC(=O)NC(CO)C(O)/C=C/CCCCCCCCCCCCCCCCCCC. The van der Waals surface area contributed by atoms with Crippen molar-refractivity contribution < 1.29 is 24.5 Å². The molecule has 0 bridgehead atoms. The van der Waals surface area contributed by atoms with Crippen molar-refractivity contribution in [2.45, 2.75) is 456 Å². The minimum Gasteiger partial charge on any atom is -0.466 e. The Balaban J connectivity index is 3.35. The number of aliphatic hydroxyl groups excluding tert-OH is 2. The summed E-state index contributed by atoms with van der Waals surface area (Å²) in [6.07, 6.45) is 104. The minimum atomic E-state index is -0.843. The van der Waals surface area contributed by atoms with Gasteiger partial charge < -0.3 is 20.3 Å². The fraction of sp³-hybridized carbons (Fsp3) is 0.880. The molecule has 0 aromatic rings. The van der Waals surface area contributed by atoms with E-state index in [1.54, 1.807) is 6.08 Å². The van der Waals surface area contributed by atoms with Crippen molar-refractivity contribution in [2.75, 3.05) is 13.2 Å². The average Bonchev–Trinajstić information content (AvgIpc) is 3.64. The normalized spacial score (nSPS) is 12.7. The summed E-state index contributed by atoms with van der Waals surface area (Å²) in [5, 5.41) is 23.3. The number of unbranched alkanes of at least 4 members (excludes halogenated alkanes) is 59. The van der Waals surface area contributed by atoms with Crippen LogP contribution in [0.2, 0.25) is 0 Å². The molecule has 3 N–H and O–H groups in total. The van der Waals surface area contributed by atoms with Gasteiger partial charge in [-0.1, -0.05) is 390 Å². The number of carbonyl (C=O) groups is 2. The van der Waals surface area contributed by atoms with E-state index in [4.69, 9.17) is 4.74 Å². The summed E-state index contributed by atoms with van der Waals surface area (Å²) in [6, 6.07) is -0.626. The van der Waals surface area contributed by atoms with Crippen LogP contribution in [0.1, 0.15) is 444 Å². The Morgan fingerprint density at radius 3 is 0.876 bits per heavy atom. The van der Waals surface area contributed by atoms with Gasteiger partial charge in [0.05, 0.1) is 25.4 Å². The number of nitrogens with one attached hydrogen (secondary N) is 1. The summed E-state index contributed by atoms with van der Waals surface area (Å²) >= 11 is 0. The molecule has 524 valence electrons. The fourth-order valence-corrected chi connectivity index (χ4v) is 12.7. The summed E-state index contributed by atoms with van der Waals surface area (Å²) in [5.41, 5.74) is 0. The first-order valence-corrected chi connectivity index (χ1v) is 40.4. The summed E-state index contributed by atoms with van der Waals surface area (Å²) in [5.74, 6) is -0.0520. The van der Waals surface area contributed by atoms with E-state index in [-0.39, 0.29) is 18.5 Å². The molecule has 0 fully saturated rings. The van der Waals surface area contributed by atoms with Gasteiger partial charge in [0.1, 0.15) is 0 Å². The van der Waals surface area contributed by atoms with Crippen LogP contribution in [0.5, 0.6) is 0 Å². The first-order valence-electron chi connectivity index (χ1n) is 40.4. The van der Waals surface area contributed by atoms with E-state index in [0.717, 1.165) is 51.4 Å². The van der Waals surface area contributed by atoms with Crippen LogP contribution in [0.15, 0.2) is 48.6 Å². The molecular weight excluding hydrogens is 1090 g/mol. The van der Waals surface area contributed by atoms with Crippen LogP contribution < -0.4 is 5.32 Å². The number of hydrogen-bond acceptors (Lipinski definition) is 5. The molecule has 0 aliphatic rings. The molecule has 0 rings (SSSR count). The second-order valence-corrected chi connectivity index (χ2v) is 27.7. The highest BCUT2D eigenvalue weighted by molar-refractivity contribution is 5.76. The molecule has 6 nitrogen and oxygen atoms in total. The standard InChI is InChI=1S/C83H157NO5/c1-3-5-7-9-11-13-15-17-19-21-41-44-47-51-55-59-63-67-71-75-81(86)80(79-85)84-82(87)76-72-68-64-60-56-52-48-45-42-39-37-35-33-31-29-27-25-23-22-24-26-28-30-32-34-36-38-40-43-46-50-54-58-62-66-70-74-78-89-83(88)77-73-69-65-61-57-53-49-20-18-16-14-12-10-8-6-4-2/h14,16,20,22,24,49,71,75,80-81,85-86H,3-13,15,17-19,21,23,25-48,50-70,72-74,76-79H2,1-2H3,(H,84,87)/b16-14-,24-22-,49-20-,75-71+. The van der Waals surface area contributed by atoms with E-state index >= 15 is 0 Å². The molecule has 0 aliphatic heterocycles. The van der Waals surface area contributed by atoms with Crippen molar-refractivity contribution >= 4 is 11.9 Å². The predicted molar refractivity (Wildman–Crippen MR) is 393 cm³/mol. The predicted octanol–water partition coefficient (Wildman–Crippen LogP) is 26.8. The zero-order chi connectivity index (χ0) is 64.2. The molecule has 0 saturated carbocycles. The number of allylic oxidation sites excluding steroid dienone is 7. The van der Waals surface area contributed by atoms with Gasteiger partial charge in [0.15, 0.2) is 0 Å². The number of ether oxygens (including phenoxy) is 1. The minimum absolute atomic E-state index is 0.00816. The highest BCUT2D eigenvalue weighted by Crippen LogP contribution is 2.19. The molecule has 0 aliphatic carbocycles. The quantitative estimate of drug-likeness (QED) is 0.0320. The van der Waals surface area contributed by atoms with Crippen LogP contribution in [0, 0.1) is 0 Å². The monoisotopic (exact) mass is 1250 g/mol. The van der Waals surface area contributed by atoms with Gasteiger partial charge in [0, 0.05) is 12.8 Å². The van der Waals surface area contributed by atoms with Crippen molar-refractivity contribution in [1.29, 1.82) is 0 Å². The smallest absolute Gasteiger partial charge is 0.305 e. The van der Waals surface area contributed by atoms with Crippen molar-refractivity contribution in [2.24, 2.45) is 0 Å². The number of carbonyl (C=O) groups excluding carboxylic acids is 2. The Hall–Kier alpha value is -2.18. The van der Waals surface area contributed by atoms with Gasteiger partial charge in [0.2, 0.25) is 5.91 Å². The number of hydrogen-bond donors (Lipinski definition) is 3. The molecule has 2 atom stereocenters. The third-order valence-electron chi connectivity index (χ3n) is 18.8. The van der Waals surface area contributed by atoms with Gasteiger partial charge in [0.25, 0.3) is 0 Å². The molecule has 2 unspecified atom stereocenters.